The SMILES string of the molecule is CCOc1cc(C)c(-c2nc3ccccc3c(=O)n2N=Cc2c(C)n(Cc3ccc(C(=O)O)cc3)c3ccccc23)cc1C(C)C. The summed E-state index contributed by atoms with van der Waals surface area (Å²) in [5.74, 6) is 0.533. The Morgan fingerprint density at radius 3 is 2.37 bits per heavy atom. The molecule has 0 amide bonds. The van der Waals surface area contributed by atoms with Gasteiger partial charge in [-0.05, 0) is 85.8 Å². The van der Waals surface area contributed by atoms with Crippen molar-refractivity contribution in [1.29, 1.82) is 0 Å². The van der Waals surface area contributed by atoms with Crippen molar-refractivity contribution >= 4 is 34.0 Å². The predicted octanol–water partition coefficient (Wildman–Crippen LogP) is 7.79. The highest BCUT2D eigenvalue weighted by Gasteiger charge is 2.19. The number of carboxylic acids is 1. The number of rotatable bonds is 9. The Balaban J connectivity index is 1.52. The molecule has 0 bridgehead atoms. The third kappa shape index (κ3) is 5.58. The van der Waals surface area contributed by atoms with Gasteiger partial charge < -0.3 is 14.4 Å². The van der Waals surface area contributed by atoms with Gasteiger partial charge in [-0.15, -0.1) is 0 Å². The maximum atomic E-state index is 14.1. The van der Waals surface area contributed by atoms with Gasteiger partial charge >= 0.3 is 5.97 Å². The van der Waals surface area contributed by atoms with E-state index in [1.165, 1.54) is 4.68 Å². The Labute approximate surface area is 267 Å². The second-order valence-corrected chi connectivity index (χ2v) is 11.7. The number of aromatic carboxylic acids is 1. The Morgan fingerprint density at radius 2 is 1.67 bits per heavy atom. The minimum Gasteiger partial charge on any atom is -0.494 e. The largest absolute Gasteiger partial charge is 0.494 e. The van der Waals surface area contributed by atoms with Gasteiger partial charge in [-0.2, -0.15) is 9.78 Å². The summed E-state index contributed by atoms with van der Waals surface area (Å²) in [4.78, 5) is 30.4. The Hall–Kier alpha value is -5.50. The number of ether oxygens (including phenoxy) is 1. The van der Waals surface area contributed by atoms with Gasteiger partial charge in [0.2, 0.25) is 0 Å². The van der Waals surface area contributed by atoms with Crippen LogP contribution in [0.25, 0.3) is 33.2 Å². The number of carboxylic acid groups (broad SMARTS) is 1. The summed E-state index contributed by atoms with van der Waals surface area (Å²) in [5.41, 5.74) is 7.22. The van der Waals surface area contributed by atoms with Crippen molar-refractivity contribution in [2.75, 3.05) is 6.61 Å². The monoisotopic (exact) mass is 612 g/mol. The van der Waals surface area contributed by atoms with Gasteiger partial charge in [-0.3, -0.25) is 4.79 Å². The first-order valence-electron chi connectivity index (χ1n) is 15.4. The van der Waals surface area contributed by atoms with Crippen molar-refractivity contribution in [1.82, 2.24) is 14.2 Å². The number of carbonyl (C=O) groups is 1. The van der Waals surface area contributed by atoms with E-state index in [1.807, 2.05) is 75.4 Å². The average Bonchev–Trinajstić information content (AvgIpc) is 3.30. The number of nitrogens with zero attached hydrogens (tertiary/aromatic N) is 4. The molecular formula is C38H36N4O4. The fourth-order valence-electron chi connectivity index (χ4n) is 5.95. The van der Waals surface area contributed by atoms with Gasteiger partial charge in [0.1, 0.15) is 5.75 Å². The van der Waals surface area contributed by atoms with Crippen LogP contribution in [0.1, 0.15) is 65.0 Å². The normalized spacial score (nSPS) is 11.7. The first-order chi connectivity index (χ1) is 22.2. The zero-order chi connectivity index (χ0) is 32.5. The molecule has 0 aliphatic rings. The first-order valence-corrected chi connectivity index (χ1v) is 15.4. The number of para-hydroxylation sites is 2. The van der Waals surface area contributed by atoms with E-state index in [-0.39, 0.29) is 17.0 Å². The molecule has 4 aromatic carbocycles. The van der Waals surface area contributed by atoms with Crippen LogP contribution >= 0.6 is 0 Å². The molecule has 0 fully saturated rings. The van der Waals surface area contributed by atoms with E-state index >= 15 is 0 Å². The maximum Gasteiger partial charge on any atom is 0.335 e. The van der Waals surface area contributed by atoms with Crippen LogP contribution < -0.4 is 10.3 Å². The smallest absolute Gasteiger partial charge is 0.335 e. The molecule has 2 heterocycles. The maximum absolute atomic E-state index is 14.1. The molecule has 0 radical (unpaired) electrons. The Morgan fingerprint density at radius 1 is 0.978 bits per heavy atom. The molecule has 0 atom stereocenters. The first kappa shape index (κ1) is 30.5. The van der Waals surface area contributed by atoms with Gasteiger partial charge in [0, 0.05) is 34.3 Å². The van der Waals surface area contributed by atoms with Crippen LogP contribution in [0.2, 0.25) is 0 Å². The van der Waals surface area contributed by atoms with Crippen molar-refractivity contribution < 1.29 is 14.6 Å². The van der Waals surface area contributed by atoms with Gasteiger partial charge in [0.15, 0.2) is 5.82 Å². The molecule has 8 nitrogen and oxygen atoms in total. The summed E-state index contributed by atoms with van der Waals surface area (Å²) >= 11 is 0. The highest BCUT2D eigenvalue weighted by Crippen LogP contribution is 2.34. The van der Waals surface area contributed by atoms with Gasteiger partial charge in [-0.25, -0.2) is 9.78 Å². The van der Waals surface area contributed by atoms with Crippen LogP contribution in [0.4, 0.5) is 0 Å². The van der Waals surface area contributed by atoms with Crippen LogP contribution in [0, 0.1) is 13.8 Å². The molecule has 6 rings (SSSR count). The van der Waals surface area contributed by atoms with E-state index < -0.39 is 5.97 Å². The molecule has 0 saturated carbocycles. The molecule has 0 aliphatic heterocycles. The number of aromatic nitrogens is 3. The zero-order valence-corrected chi connectivity index (χ0v) is 26.6. The lowest BCUT2D eigenvalue weighted by Gasteiger charge is -2.18. The van der Waals surface area contributed by atoms with E-state index in [0.717, 1.165) is 50.2 Å². The molecule has 6 aromatic rings. The zero-order valence-electron chi connectivity index (χ0n) is 26.6. The predicted molar refractivity (Wildman–Crippen MR) is 184 cm³/mol. The number of aryl methyl sites for hydroxylation is 1. The molecule has 2 aromatic heterocycles. The van der Waals surface area contributed by atoms with Crippen LogP contribution in [-0.2, 0) is 6.54 Å². The molecule has 8 heteroatoms. The van der Waals surface area contributed by atoms with Crippen molar-refractivity contribution in [2.45, 2.75) is 47.1 Å². The van der Waals surface area contributed by atoms with Crippen LogP contribution in [0.15, 0.2) is 94.8 Å². The molecular weight excluding hydrogens is 576 g/mol. The van der Waals surface area contributed by atoms with Gasteiger partial charge in [0.05, 0.1) is 29.3 Å². The topological polar surface area (TPSA) is 98.7 Å². The third-order valence-electron chi connectivity index (χ3n) is 8.40. The van der Waals surface area contributed by atoms with Crippen molar-refractivity contribution in [2.24, 2.45) is 5.10 Å². The summed E-state index contributed by atoms with van der Waals surface area (Å²) < 4.78 is 9.56. The van der Waals surface area contributed by atoms with Crippen LogP contribution in [-0.4, -0.2) is 38.1 Å². The molecule has 0 spiro atoms. The van der Waals surface area contributed by atoms with E-state index in [1.54, 1.807) is 24.4 Å². The lowest BCUT2D eigenvalue weighted by molar-refractivity contribution is 0.0697. The number of fused-ring (bicyclic) bond motifs is 2. The number of hydrogen-bond donors (Lipinski definition) is 1. The molecule has 46 heavy (non-hydrogen) atoms. The summed E-state index contributed by atoms with van der Waals surface area (Å²) in [5, 5.41) is 15.6. The average molecular weight is 613 g/mol. The summed E-state index contributed by atoms with van der Waals surface area (Å²) in [7, 11) is 0. The highest BCUT2D eigenvalue weighted by atomic mass is 16.5. The molecule has 232 valence electrons. The van der Waals surface area contributed by atoms with Crippen molar-refractivity contribution in [3.05, 3.63) is 129 Å². The van der Waals surface area contributed by atoms with Crippen LogP contribution in [0.3, 0.4) is 0 Å². The van der Waals surface area contributed by atoms with E-state index in [0.29, 0.717) is 29.9 Å². The fraction of sp³-hybridized carbons (Fsp3) is 0.211. The summed E-state index contributed by atoms with van der Waals surface area (Å²) in [6, 6.07) is 26.4. The third-order valence-corrected chi connectivity index (χ3v) is 8.40. The molecule has 0 aliphatic carbocycles. The summed E-state index contributed by atoms with van der Waals surface area (Å²) in [6.45, 7) is 11.3. The van der Waals surface area contributed by atoms with E-state index in [9.17, 15) is 14.7 Å². The number of hydrogen-bond acceptors (Lipinski definition) is 5. The lowest BCUT2D eigenvalue weighted by atomic mass is 9.96. The lowest BCUT2D eigenvalue weighted by Crippen LogP contribution is -2.21. The Bertz CT molecular complexity index is 2190. The summed E-state index contributed by atoms with van der Waals surface area (Å²) in [6.07, 6.45) is 1.75. The highest BCUT2D eigenvalue weighted by molar-refractivity contribution is 6.01. The minimum absolute atomic E-state index is 0.194. The second kappa shape index (κ2) is 12.5. The van der Waals surface area contributed by atoms with Gasteiger partial charge in [0.25, 0.3) is 5.56 Å². The number of benzene rings is 4. The van der Waals surface area contributed by atoms with E-state index in [2.05, 4.69) is 30.5 Å². The standard InChI is InChI=1S/C38H36N4O4/c1-6-46-35-19-24(4)31(20-30(35)23(2)3)36-40-33-13-9-7-12-29(33)37(43)42(36)39-21-32-25(5)41(34-14-10-8-11-28(32)34)22-26-15-17-27(18-16-26)38(44)45/h7-21,23H,6,22H2,1-5H3,(H,44,45). The molecule has 1 N–H and O–H groups in total. The quantitative estimate of drug-likeness (QED) is 0.168. The van der Waals surface area contributed by atoms with E-state index in [4.69, 9.17) is 14.8 Å². The van der Waals surface area contributed by atoms with Crippen LogP contribution in [0.5, 0.6) is 5.75 Å². The minimum atomic E-state index is -0.953. The van der Waals surface area contributed by atoms with Gasteiger partial charge in [-0.1, -0.05) is 56.3 Å². The second-order valence-electron chi connectivity index (χ2n) is 11.7. The molecule has 0 saturated heterocycles. The van der Waals surface area contributed by atoms with Crippen molar-refractivity contribution in [3.8, 4) is 17.1 Å². The van der Waals surface area contributed by atoms with Crippen molar-refractivity contribution in [3.63, 3.8) is 0 Å². The fourth-order valence-corrected chi connectivity index (χ4v) is 5.95. The Kier molecular flexibility index (Phi) is 8.28. The molecule has 0 unspecified atom stereocenters.